The number of carbonyl (C=O) groups is 2. The summed E-state index contributed by atoms with van der Waals surface area (Å²) in [4.78, 5) is 29.2. The number of nitrogens with one attached hydrogen (secondary N) is 2. The second kappa shape index (κ2) is 7.85. The molecule has 0 saturated carbocycles. The largest absolute Gasteiger partial charge is 0.324 e. The molecule has 0 spiro atoms. The molecule has 3 aromatic rings. The number of rotatable bonds is 5. The van der Waals surface area contributed by atoms with Crippen LogP contribution in [0.3, 0.4) is 0 Å². The minimum atomic E-state index is -0.733. The van der Waals surface area contributed by atoms with E-state index in [0.717, 1.165) is 11.1 Å². The van der Waals surface area contributed by atoms with Crippen LogP contribution in [-0.2, 0) is 15.3 Å². The molecule has 7 nitrogen and oxygen atoms in total. The van der Waals surface area contributed by atoms with E-state index in [0.29, 0.717) is 22.5 Å². The van der Waals surface area contributed by atoms with Gasteiger partial charge in [0.05, 0.1) is 6.42 Å². The van der Waals surface area contributed by atoms with E-state index in [1.807, 2.05) is 61.5 Å². The van der Waals surface area contributed by atoms with Gasteiger partial charge in [-0.15, -0.1) is 5.10 Å². The molecule has 0 saturated heterocycles. The summed E-state index contributed by atoms with van der Waals surface area (Å²) in [5.41, 5.74) is 2.88. The van der Waals surface area contributed by atoms with Crippen molar-refractivity contribution in [3.05, 3.63) is 65.7 Å². The second-order valence-corrected chi connectivity index (χ2v) is 7.51. The van der Waals surface area contributed by atoms with Crippen LogP contribution < -0.4 is 10.6 Å². The summed E-state index contributed by atoms with van der Waals surface area (Å²) in [5.74, 6) is 0.476. The Labute approximate surface area is 166 Å². The first kappa shape index (κ1) is 18.2. The molecule has 1 aromatic heterocycles. The van der Waals surface area contributed by atoms with E-state index < -0.39 is 6.04 Å². The van der Waals surface area contributed by atoms with Gasteiger partial charge >= 0.3 is 0 Å². The summed E-state index contributed by atoms with van der Waals surface area (Å²) in [6.07, 6.45) is 0.0246. The number of hydrogen-bond donors (Lipinski definition) is 2. The SMILES string of the molecule is Cc1cccc(NC(=O)[C@@H]2CC(=O)Nc3nc(SCc4ccccc4)nn32)c1. The van der Waals surface area contributed by atoms with Crippen molar-refractivity contribution in [3.63, 3.8) is 0 Å². The number of carbonyl (C=O) groups excluding carboxylic acids is 2. The fraction of sp³-hybridized carbons (Fsp3) is 0.200. The summed E-state index contributed by atoms with van der Waals surface area (Å²) in [7, 11) is 0. The molecular formula is C20H19N5O2S. The van der Waals surface area contributed by atoms with Gasteiger partial charge < -0.3 is 5.32 Å². The maximum Gasteiger partial charge on any atom is 0.249 e. The number of aryl methyl sites for hydroxylation is 1. The number of fused-ring (bicyclic) bond motifs is 1. The maximum absolute atomic E-state index is 12.8. The van der Waals surface area contributed by atoms with E-state index in [1.54, 1.807) is 0 Å². The van der Waals surface area contributed by atoms with Crippen molar-refractivity contribution in [2.24, 2.45) is 0 Å². The van der Waals surface area contributed by atoms with Gasteiger partial charge in [-0.3, -0.25) is 14.9 Å². The van der Waals surface area contributed by atoms with Crippen LogP contribution in [0.25, 0.3) is 0 Å². The maximum atomic E-state index is 12.8. The smallest absolute Gasteiger partial charge is 0.249 e. The van der Waals surface area contributed by atoms with Crippen molar-refractivity contribution in [1.82, 2.24) is 14.8 Å². The van der Waals surface area contributed by atoms with Crippen LogP contribution in [0.2, 0.25) is 0 Å². The number of thioether (sulfide) groups is 1. The van der Waals surface area contributed by atoms with Gasteiger partial charge in [0, 0.05) is 11.4 Å². The zero-order valence-corrected chi connectivity index (χ0v) is 16.1. The highest BCUT2D eigenvalue weighted by Crippen LogP contribution is 2.28. The van der Waals surface area contributed by atoms with E-state index in [2.05, 4.69) is 20.7 Å². The first-order chi connectivity index (χ1) is 13.6. The third kappa shape index (κ3) is 4.07. The predicted molar refractivity (Wildman–Crippen MR) is 108 cm³/mol. The molecule has 2 amide bonds. The van der Waals surface area contributed by atoms with Gasteiger partial charge in [0.1, 0.15) is 6.04 Å². The van der Waals surface area contributed by atoms with E-state index >= 15 is 0 Å². The van der Waals surface area contributed by atoms with Crippen LogP contribution in [0.4, 0.5) is 11.6 Å². The molecule has 1 aliphatic heterocycles. The molecular weight excluding hydrogens is 374 g/mol. The van der Waals surface area contributed by atoms with Crippen LogP contribution in [0.5, 0.6) is 0 Å². The average molecular weight is 393 g/mol. The Balaban J connectivity index is 1.52. The van der Waals surface area contributed by atoms with E-state index in [1.165, 1.54) is 16.4 Å². The highest BCUT2D eigenvalue weighted by molar-refractivity contribution is 7.98. The molecule has 2 heterocycles. The van der Waals surface area contributed by atoms with Crippen molar-refractivity contribution in [2.75, 3.05) is 10.6 Å². The Kier molecular flexibility index (Phi) is 5.12. The number of amides is 2. The second-order valence-electron chi connectivity index (χ2n) is 6.56. The Morgan fingerprint density at radius 2 is 2.07 bits per heavy atom. The molecule has 0 aliphatic carbocycles. The lowest BCUT2D eigenvalue weighted by Crippen LogP contribution is -2.36. The van der Waals surface area contributed by atoms with Gasteiger partial charge in [-0.2, -0.15) is 4.98 Å². The zero-order valence-electron chi connectivity index (χ0n) is 15.3. The lowest BCUT2D eigenvalue weighted by atomic mass is 10.1. The molecule has 4 rings (SSSR count). The van der Waals surface area contributed by atoms with Crippen molar-refractivity contribution in [2.45, 2.75) is 30.3 Å². The number of anilines is 2. The standard InChI is InChI=1S/C20H19N5O2S/c1-13-6-5-9-15(10-13)21-18(27)16-11-17(26)22-19-23-20(24-25(16)19)28-12-14-7-3-2-4-8-14/h2-10,16H,11-12H2,1H3,(H,21,27)(H,22,23,24,26)/t16-/m0/s1. The molecule has 2 N–H and O–H groups in total. The van der Waals surface area contributed by atoms with E-state index in [-0.39, 0.29) is 18.2 Å². The van der Waals surface area contributed by atoms with Crippen LogP contribution in [0, 0.1) is 6.92 Å². The van der Waals surface area contributed by atoms with Gasteiger partial charge in [0.2, 0.25) is 22.9 Å². The first-order valence-electron chi connectivity index (χ1n) is 8.89. The number of benzene rings is 2. The Bertz CT molecular complexity index is 1020. The highest BCUT2D eigenvalue weighted by Gasteiger charge is 2.33. The summed E-state index contributed by atoms with van der Waals surface area (Å²) in [6, 6.07) is 16.8. The van der Waals surface area contributed by atoms with Crippen molar-refractivity contribution >= 4 is 35.2 Å². The van der Waals surface area contributed by atoms with Crippen molar-refractivity contribution < 1.29 is 9.59 Å². The third-order valence-electron chi connectivity index (χ3n) is 4.34. The molecule has 2 aromatic carbocycles. The lowest BCUT2D eigenvalue weighted by molar-refractivity contribution is -0.125. The number of nitrogens with zero attached hydrogens (tertiary/aromatic N) is 3. The monoisotopic (exact) mass is 393 g/mol. The molecule has 0 fully saturated rings. The molecule has 1 aliphatic rings. The van der Waals surface area contributed by atoms with Crippen molar-refractivity contribution in [1.29, 1.82) is 0 Å². The Morgan fingerprint density at radius 3 is 2.86 bits per heavy atom. The fourth-order valence-corrected chi connectivity index (χ4v) is 3.76. The number of aromatic nitrogens is 3. The molecule has 0 bridgehead atoms. The molecule has 1 atom stereocenters. The zero-order chi connectivity index (χ0) is 19.5. The Morgan fingerprint density at radius 1 is 1.25 bits per heavy atom. The Hall–Kier alpha value is -3.13. The topological polar surface area (TPSA) is 88.9 Å². The third-order valence-corrected chi connectivity index (χ3v) is 5.24. The molecule has 0 radical (unpaired) electrons. The van der Waals surface area contributed by atoms with Crippen LogP contribution >= 0.6 is 11.8 Å². The average Bonchev–Trinajstić information content (AvgIpc) is 3.09. The molecule has 8 heteroatoms. The van der Waals surface area contributed by atoms with Crippen LogP contribution in [0.15, 0.2) is 59.8 Å². The molecule has 0 unspecified atom stereocenters. The first-order valence-corrected chi connectivity index (χ1v) is 9.88. The number of hydrogen-bond acceptors (Lipinski definition) is 5. The van der Waals surface area contributed by atoms with Crippen molar-refractivity contribution in [3.8, 4) is 0 Å². The lowest BCUT2D eigenvalue weighted by Gasteiger charge is -2.22. The quantitative estimate of drug-likeness (QED) is 0.649. The summed E-state index contributed by atoms with van der Waals surface area (Å²) >= 11 is 1.46. The van der Waals surface area contributed by atoms with Gasteiger partial charge in [-0.25, -0.2) is 4.68 Å². The minimum Gasteiger partial charge on any atom is -0.324 e. The normalized spacial score (nSPS) is 15.6. The van der Waals surface area contributed by atoms with E-state index in [9.17, 15) is 9.59 Å². The van der Waals surface area contributed by atoms with Gasteiger partial charge in [-0.05, 0) is 30.2 Å². The molecule has 28 heavy (non-hydrogen) atoms. The van der Waals surface area contributed by atoms with Gasteiger partial charge in [-0.1, -0.05) is 54.2 Å². The summed E-state index contributed by atoms with van der Waals surface area (Å²) in [5, 5.41) is 10.5. The minimum absolute atomic E-state index is 0.0246. The van der Waals surface area contributed by atoms with Crippen LogP contribution in [0.1, 0.15) is 23.6 Å². The van der Waals surface area contributed by atoms with Gasteiger partial charge in [0.15, 0.2) is 0 Å². The fourth-order valence-electron chi connectivity index (χ4n) is 2.98. The molecule has 142 valence electrons. The van der Waals surface area contributed by atoms with E-state index in [4.69, 9.17) is 0 Å². The highest BCUT2D eigenvalue weighted by atomic mass is 32.2. The summed E-state index contributed by atoms with van der Waals surface area (Å²) < 4.78 is 1.50. The van der Waals surface area contributed by atoms with Crippen LogP contribution in [-0.4, -0.2) is 26.6 Å². The predicted octanol–water partition coefficient (Wildman–Crippen LogP) is 3.40. The van der Waals surface area contributed by atoms with Gasteiger partial charge in [0.25, 0.3) is 0 Å². The summed E-state index contributed by atoms with van der Waals surface area (Å²) in [6.45, 7) is 1.95.